The van der Waals surface area contributed by atoms with Crippen LogP contribution in [0.2, 0.25) is 0 Å². The lowest BCUT2D eigenvalue weighted by atomic mass is 10.1. The molecule has 152 valence electrons. The van der Waals surface area contributed by atoms with Crippen LogP contribution in [0.25, 0.3) is 0 Å². The second-order valence-electron chi connectivity index (χ2n) is 7.03. The number of sulfonamides is 1. The van der Waals surface area contributed by atoms with Crippen molar-refractivity contribution in [1.82, 2.24) is 4.31 Å². The number of amides is 2. The van der Waals surface area contributed by atoms with Crippen molar-refractivity contribution in [2.24, 2.45) is 5.73 Å². The molecule has 2 heterocycles. The number of nitrogens with two attached hydrogens (primary N) is 1. The highest BCUT2D eigenvalue weighted by Gasteiger charge is 2.33. The van der Waals surface area contributed by atoms with Crippen LogP contribution >= 0.6 is 0 Å². The summed E-state index contributed by atoms with van der Waals surface area (Å²) in [5, 5.41) is 0. The molecule has 0 bridgehead atoms. The van der Waals surface area contributed by atoms with Crippen LogP contribution in [0.3, 0.4) is 0 Å². The Kier molecular flexibility index (Phi) is 5.01. The zero-order chi connectivity index (χ0) is 20.6. The van der Waals surface area contributed by atoms with Gasteiger partial charge in [-0.05, 0) is 49.2 Å². The van der Waals surface area contributed by atoms with E-state index in [1.165, 1.54) is 33.5 Å². The predicted octanol–water partition coefficient (Wildman–Crippen LogP) is 1.36. The number of hydrogen-bond acceptors (Lipinski definition) is 5. The molecule has 1 atom stereocenters. The van der Waals surface area contributed by atoms with E-state index in [0.29, 0.717) is 30.1 Å². The highest BCUT2D eigenvalue weighted by molar-refractivity contribution is 7.89. The van der Waals surface area contributed by atoms with Crippen LogP contribution in [0.1, 0.15) is 23.2 Å². The maximum Gasteiger partial charge on any atom is 0.260 e. The van der Waals surface area contributed by atoms with Crippen LogP contribution in [0.15, 0.2) is 53.4 Å². The Morgan fingerprint density at radius 2 is 1.66 bits per heavy atom. The van der Waals surface area contributed by atoms with Gasteiger partial charge in [0.15, 0.2) is 6.10 Å². The number of primary amides is 1. The minimum atomic E-state index is -3.55. The topological polar surface area (TPSA) is 110 Å². The summed E-state index contributed by atoms with van der Waals surface area (Å²) in [6, 6.07) is 12.7. The summed E-state index contributed by atoms with van der Waals surface area (Å²) in [5.41, 5.74) is 6.22. The minimum absolute atomic E-state index is 0.0149. The average Bonchev–Trinajstić information content (AvgIpc) is 3.28. The number of nitrogens with zero attached hydrogens (tertiary/aromatic N) is 2. The van der Waals surface area contributed by atoms with Crippen molar-refractivity contribution in [3.8, 4) is 5.75 Å². The van der Waals surface area contributed by atoms with E-state index in [4.69, 9.17) is 10.5 Å². The van der Waals surface area contributed by atoms with Crippen molar-refractivity contribution < 1.29 is 22.7 Å². The molecule has 4 rings (SSSR count). The van der Waals surface area contributed by atoms with E-state index in [1.807, 2.05) is 0 Å². The molecule has 0 spiro atoms. The molecule has 0 aromatic heterocycles. The fourth-order valence-corrected chi connectivity index (χ4v) is 5.09. The molecular formula is C20H21N3O5S. The van der Waals surface area contributed by atoms with E-state index in [1.54, 1.807) is 24.3 Å². The maximum absolute atomic E-state index is 13.1. The van der Waals surface area contributed by atoms with Crippen LogP contribution in [0.4, 0.5) is 5.69 Å². The van der Waals surface area contributed by atoms with Crippen LogP contribution in [-0.2, 0) is 14.8 Å². The number of anilines is 1. The summed E-state index contributed by atoms with van der Waals surface area (Å²) in [6.45, 7) is 1.02. The van der Waals surface area contributed by atoms with Crippen molar-refractivity contribution in [3.05, 3.63) is 54.1 Å². The van der Waals surface area contributed by atoms with Gasteiger partial charge in [0.2, 0.25) is 10.0 Å². The summed E-state index contributed by atoms with van der Waals surface area (Å²) >= 11 is 0. The van der Waals surface area contributed by atoms with Gasteiger partial charge in [0.05, 0.1) is 17.1 Å². The Morgan fingerprint density at radius 1 is 1.00 bits per heavy atom. The number of para-hydroxylation sites is 2. The van der Waals surface area contributed by atoms with E-state index >= 15 is 0 Å². The second-order valence-corrected chi connectivity index (χ2v) is 8.97. The third-order valence-corrected chi connectivity index (χ3v) is 7.05. The first-order valence-corrected chi connectivity index (χ1v) is 10.8. The zero-order valence-electron chi connectivity index (χ0n) is 15.7. The Bertz CT molecular complexity index is 1050. The van der Waals surface area contributed by atoms with Gasteiger partial charge in [-0.25, -0.2) is 8.42 Å². The van der Waals surface area contributed by atoms with Crippen molar-refractivity contribution in [3.63, 3.8) is 0 Å². The minimum Gasteiger partial charge on any atom is -0.477 e. The molecule has 1 unspecified atom stereocenters. The van der Waals surface area contributed by atoms with E-state index in [0.717, 1.165) is 12.8 Å². The third-order valence-electron chi connectivity index (χ3n) is 5.14. The van der Waals surface area contributed by atoms with E-state index < -0.39 is 22.0 Å². The summed E-state index contributed by atoms with van der Waals surface area (Å²) < 4.78 is 32.4. The predicted molar refractivity (Wildman–Crippen MR) is 106 cm³/mol. The number of rotatable bonds is 4. The SMILES string of the molecule is NC(=O)C1CN(C(=O)c2ccc(S(=O)(=O)N3CCCC3)cc2)c2ccccc2O1. The van der Waals surface area contributed by atoms with Crippen molar-refractivity contribution in [1.29, 1.82) is 0 Å². The molecule has 1 saturated heterocycles. The van der Waals surface area contributed by atoms with E-state index in [9.17, 15) is 18.0 Å². The highest BCUT2D eigenvalue weighted by atomic mass is 32.2. The number of hydrogen-bond donors (Lipinski definition) is 1. The second kappa shape index (κ2) is 7.49. The van der Waals surface area contributed by atoms with Crippen LogP contribution in [0, 0.1) is 0 Å². The number of carbonyl (C=O) groups is 2. The molecule has 9 heteroatoms. The van der Waals surface area contributed by atoms with Gasteiger partial charge in [-0.3, -0.25) is 9.59 Å². The molecular weight excluding hydrogens is 394 g/mol. The first-order valence-electron chi connectivity index (χ1n) is 9.35. The van der Waals surface area contributed by atoms with E-state index in [-0.39, 0.29) is 17.3 Å². The molecule has 2 amide bonds. The number of carbonyl (C=O) groups excluding carboxylic acids is 2. The Balaban J connectivity index is 1.62. The highest BCUT2D eigenvalue weighted by Crippen LogP contribution is 2.34. The van der Waals surface area contributed by atoms with Gasteiger partial charge in [-0.2, -0.15) is 4.31 Å². The normalized spacial score (nSPS) is 19.4. The monoisotopic (exact) mass is 415 g/mol. The molecule has 1 fully saturated rings. The molecule has 2 aliphatic heterocycles. The quantitative estimate of drug-likeness (QED) is 0.811. The third kappa shape index (κ3) is 3.58. The molecule has 29 heavy (non-hydrogen) atoms. The maximum atomic E-state index is 13.1. The van der Waals surface area contributed by atoms with E-state index in [2.05, 4.69) is 0 Å². The lowest BCUT2D eigenvalue weighted by Gasteiger charge is -2.33. The van der Waals surface area contributed by atoms with Crippen molar-refractivity contribution in [2.45, 2.75) is 23.8 Å². The summed E-state index contributed by atoms with van der Waals surface area (Å²) in [6.07, 6.45) is 0.754. The Morgan fingerprint density at radius 3 is 2.31 bits per heavy atom. The van der Waals surface area contributed by atoms with Gasteiger partial charge < -0.3 is 15.4 Å². The zero-order valence-corrected chi connectivity index (χ0v) is 16.5. The Hall–Kier alpha value is -2.91. The lowest BCUT2D eigenvalue weighted by molar-refractivity contribution is -0.124. The molecule has 0 radical (unpaired) electrons. The first-order chi connectivity index (χ1) is 13.9. The summed E-state index contributed by atoms with van der Waals surface area (Å²) in [4.78, 5) is 26.3. The lowest BCUT2D eigenvalue weighted by Crippen LogP contribution is -2.49. The molecule has 2 aliphatic rings. The largest absolute Gasteiger partial charge is 0.477 e. The standard InChI is InChI=1S/C20H21N3O5S/c21-19(24)18-13-23(16-5-1-2-6-17(16)28-18)20(25)14-7-9-15(10-8-14)29(26,27)22-11-3-4-12-22/h1-2,5-10,18H,3-4,11-13H2,(H2,21,24). The fourth-order valence-electron chi connectivity index (χ4n) is 3.58. The fraction of sp³-hybridized carbons (Fsp3) is 0.300. The van der Waals surface area contributed by atoms with Gasteiger partial charge in [0, 0.05) is 18.7 Å². The van der Waals surface area contributed by atoms with Crippen molar-refractivity contribution >= 4 is 27.5 Å². The first kappa shape index (κ1) is 19.4. The smallest absolute Gasteiger partial charge is 0.260 e. The summed E-state index contributed by atoms with van der Waals surface area (Å²) in [7, 11) is -3.55. The van der Waals surface area contributed by atoms with Gasteiger partial charge in [-0.1, -0.05) is 12.1 Å². The number of benzene rings is 2. The number of fused-ring (bicyclic) bond motifs is 1. The van der Waals surface area contributed by atoms with Gasteiger partial charge in [0.1, 0.15) is 5.75 Å². The molecule has 0 aliphatic carbocycles. The van der Waals surface area contributed by atoms with Crippen LogP contribution in [-0.4, -0.2) is 50.3 Å². The van der Waals surface area contributed by atoms with Crippen LogP contribution < -0.4 is 15.4 Å². The van der Waals surface area contributed by atoms with Gasteiger partial charge in [0.25, 0.3) is 11.8 Å². The Labute approximate surface area is 168 Å². The summed E-state index contributed by atoms with van der Waals surface area (Å²) in [5.74, 6) is -0.634. The molecule has 2 N–H and O–H groups in total. The average molecular weight is 415 g/mol. The van der Waals surface area contributed by atoms with Gasteiger partial charge >= 0.3 is 0 Å². The van der Waals surface area contributed by atoms with Gasteiger partial charge in [-0.15, -0.1) is 0 Å². The molecule has 2 aromatic carbocycles. The molecule has 2 aromatic rings. The number of ether oxygens (including phenoxy) is 1. The molecule has 0 saturated carbocycles. The van der Waals surface area contributed by atoms with Crippen molar-refractivity contribution in [2.75, 3.05) is 24.5 Å². The van der Waals surface area contributed by atoms with Crippen LogP contribution in [0.5, 0.6) is 5.75 Å². The molecule has 8 nitrogen and oxygen atoms in total.